The highest BCUT2D eigenvalue weighted by molar-refractivity contribution is 5.79. The van der Waals surface area contributed by atoms with Crippen LogP contribution in [0, 0.1) is 27.2 Å². The Morgan fingerprint density at radius 1 is 1.11 bits per heavy atom. The van der Waals surface area contributed by atoms with Crippen LogP contribution in [0.3, 0.4) is 0 Å². The molecule has 3 aromatic rings. The SMILES string of the molecule is Cc1ccc(-c2ccc(C=NNc3ccc([N+](=O)[O-])cn3)o2)c([N+](=O)[O-])c1. The topological polar surface area (TPSA) is 137 Å². The summed E-state index contributed by atoms with van der Waals surface area (Å²) in [6.45, 7) is 1.77. The van der Waals surface area contributed by atoms with Gasteiger partial charge in [0.05, 0.1) is 21.6 Å². The molecule has 0 fully saturated rings. The molecule has 0 bridgehead atoms. The number of nitrogens with zero attached hydrogens (tertiary/aromatic N) is 4. The molecular weight excluding hydrogens is 354 g/mol. The van der Waals surface area contributed by atoms with Crippen molar-refractivity contribution in [2.75, 3.05) is 5.43 Å². The first kappa shape index (κ1) is 17.7. The Kier molecular flexibility index (Phi) is 4.88. The zero-order valence-electron chi connectivity index (χ0n) is 14.0. The van der Waals surface area contributed by atoms with Crippen molar-refractivity contribution in [3.8, 4) is 11.3 Å². The summed E-state index contributed by atoms with van der Waals surface area (Å²) in [6.07, 6.45) is 2.48. The van der Waals surface area contributed by atoms with Crippen molar-refractivity contribution in [1.82, 2.24) is 4.98 Å². The molecule has 0 unspecified atom stereocenters. The first-order chi connectivity index (χ1) is 12.9. The van der Waals surface area contributed by atoms with E-state index in [9.17, 15) is 20.2 Å². The number of pyridine rings is 1. The molecule has 27 heavy (non-hydrogen) atoms. The van der Waals surface area contributed by atoms with Crippen molar-refractivity contribution < 1.29 is 14.3 Å². The Balaban J connectivity index is 1.74. The standard InChI is InChI=1S/C17H13N5O5/c1-11-2-5-14(15(8-11)22(25)26)16-6-4-13(27-16)10-19-20-17-7-3-12(9-18-17)21(23)24/h2-10H,1H3,(H,18,20). The minimum absolute atomic E-state index is 0.0407. The van der Waals surface area contributed by atoms with Gasteiger partial charge in [0.15, 0.2) is 0 Å². The smallest absolute Gasteiger partial charge is 0.287 e. The summed E-state index contributed by atoms with van der Waals surface area (Å²) >= 11 is 0. The van der Waals surface area contributed by atoms with Crippen molar-refractivity contribution in [3.63, 3.8) is 0 Å². The van der Waals surface area contributed by atoms with E-state index >= 15 is 0 Å². The largest absolute Gasteiger partial charge is 0.455 e. The van der Waals surface area contributed by atoms with Crippen LogP contribution in [0.25, 0.3) is 11.3 Å². The number of nitro benzene ring substituents is 1. The number of furan rings is 1. The third-order valence-corrected chi connectivity index (χ3v) is 3.57. The molecule has 0 aliphatic heterocycles. The lowest BCUT2D eigenvalue weighted by atomic mass is 10.1. The molecule has 1 aromatic carbocycles. The zero-order valence-corrected chi connectivity index (χ0v) is 14.0. The molecule has 0 atom stereocenters. The monoisotopic (exact) mass is 367 g/mol. The van der Waals surface area contributed by atoms with E-state index in [1.807, 2.05) is 0 Å². The quantitative estimate of drug-likeness (QED) is 0.396. The van der Waals surface area contributed by atoms with E-state index < -0.39 is 9.85 Å². The average Bonchev–Trinajstić information content (AvgIpc) is 3.10. The Labute approximate surface area is 152 Å². The number of aromatic nitrogens is 1. The van der Waals surface area contributed by atoms with Crippen LogP contribution in [0.15, 0.2) is 58.2 Å². The Bertz CT molecular complexity index is 1030. The molecule has 0 spiro atoms. The molecule has 1 N–H and O–H groups in total. The predicted molar refractivity (Wildman–Crippen MR) is 97.6 cm³/mol. The fourth-order valence-corrected chi connectivity index (χ4v) is 2.29. The van der Waals surface area contributed by atoms with Crippen LogP contribution < -0.4 is 5.43 Å². The Morgan fingerprint density at radius 2 is 1.93 bits per heavy atom. The minimum Gasteiger partial charge on any atom is -0.455 e. The van der Waals surface area contributed by atoms with Crippen LogP contribution in [-0.2, 0) is 0 Å². The maximum Gasteiger partial charge on any atom is 0.287 e. The van der Waals surface area contributed by atoms with Gasteiger partial charge in [0.2, 0.25) is 0 Å². The van der Waals surface area contributed by atoms with Gasteiger partial charge in [-0.15, -0.1) is 0 Å². The van der Waals surface area contributed by atoms with E-state index in [1.54, 1.807) is 31.2 Å². The summed E-state index contributed by atoms with van der Waals surface area (Å²) in [4.78, 5) is 24.6. The number of anilines is 1. The second kappa shape index (κ2) is 7.44. The fraction of sp³-hybridized carbons (Fsp3) is 0.0588. The molecule has 136 valence electrons. The Hall–Kier alpha value is -4.08. The van der Waals surface area contributed by atoms with Crippen molar-refractivity contribution >= 4 is 23.4 Å². The van der Waals surface area contributed by atoms with Crippen molar-refractivity contribution in [2.45, 2.75) is 6.92 Å². The van der Waals surface area contributed by atoms with E-state index in [4.69, 9.17) is 4.42 Å². The number of hydrogen-bond acceptors (Lipinski definition) is 8. The summed E-state index contributed by atoms with van der Waals surface area (Å²) in [5, 5.41) is 25.7. The second-order valence-corrected chi connectivity index (χ2v) is 5.51. The molecule has 3 rings (SSSR count). The first-order valence-corrected chi connectivity index (χ1v) is 7.69. The van der Waals surface area contributed by atoms with Crippen molar-refractivity contribution in [3.05, 3.63) is 80.2 Å². The van der Waals surface area contributed by atoms with Gasteiger partial charge in [0.1, 0.15) is 23.5 Å². The minimum atomic E-state index is -0.547. The van der Waals surface area contributed by atoms with Crippen LogP contribution >= 0.6 is 0 Å². The van der Waals surface area contributed by atoms with Gasteiger partial charge in [-0.3, -0.25) is 25.7 Å². The highest BCUT2D eigenvalue weighted by Crippen LogP contribution is 2.31. The van der Waals surface area contributed by atoms with Crippen LogP contribution in [0.4, 0.5) is 17.2 Å². The van der Waals surface area contributed by atoms with Gasteiger partial charge in [-0.25, -0.2) is 4.98 Å². The molecule has 0 aliphatic rings. The predicted octanol–water partition coefficient (Wildman–Crippen LogP) is 3.91. The highest BCUT2D eigenvalue weighted by atomic mass is 16.6. The normalized spacial score (nSPS) is 10.9. The molecule has 0 amide bonds. The lowest BCUT2D eigenvalue weighted by Crippen LogP contribution is -1.94. The lowest BCUT2D eigenvalue weighted by molar-refractivity contribution is -0.385. The van der Waals surface area contributed by atoms with Crippen LogP contribution in [0.2, 0.25) is 0 Å². The van der Waals surface area contributed by atoms with Crippen LogP contribution in [0.5, 0.6) is 0 Å². The summed E-state index contributed by atoms with van der Waals surface area (Å²) in [6, 6.07) is 10.8. The number of hydrazone groups is 1. The number of hydrogen-bond donors (Lipinski definition) is 1. The third-order valence-electron chi connectivity index (χ3n) is 3.57. The van der Waals surface area contributed by atoms with Gasteiger partial charge in [-0.05, 0) is 36.8 Å². The number of aryl methyl sites for hydroxylation is 1. The number of nitro groups is 2. The highest BCUT2D eigenvalue weighted by Gasteiger charge is 2.18. The molecule has 2 aromatic heterocycles. The average molecular weight is 367 g/mol. The van der Waals surface area contributed by atoms with Crippen LogP contribution in [0.1, 0.15) is 11.3 Å². The van der Waals surface area contributed by atoms with Gasteiger partial charge in [-0.1, -0.05) is 6.07 Å². The molecule has 0 saturated carbocycles. The molecule has 10 nitrogen and oxygen atoms in total. The van der Waals surface area contributed by atoms with Crippen LogP contribution in [-0.4, -0.2) is 21.0 Å². The molecular formula is C17H13N5O5. The van der Waals surface area contributed by atoms with E-state index in [1.165, 1.54) is 24.4 Å². The molecule has 0 radical (unpaired) electrons. The van der Waals surface area contributed by atoms with Crippen molar-refractivity contribution in [1.29, 1.82) is 0 Å². The third kappa shape index (κ3) is 4.12. The van der Waals surface area contributed by atoms with E-state index in [0.29, 0.717) is 22.9 Å². The summed E-state index contributed by atoms with van der Waals surface area (Å²) in [5.74, 6) is 1.03. The van der Waals surface area contributed by atoms with E-state index in [0.717, 1.165) is 11.8 Å². The van der Waals surface area contributed by atoms with Gasteiger partial charge in [0.25, 0.3) is 11.4 Å². The van der Waals surface area contributed by atoms with Crippen molar-refractivity contribution in [2.24, 2.45) is 5.10 Å². The van der Waals surface area contributed by atoms with Gasteiger partial charge < -0.3 is 4.42 Å². The second-order valence-electron chi connectivity index (χ2n) is 5.51. The Morgan fingerprint density at radius 3 is 2.59 bits per heavy atom. The number of benzene rings is 1. The maximum absolute atomic E-state index is 11.2. The summed E-state index contributed by atoms with van der Waals surface area (Å²) in [7, 11) is 0. The number of rotatable bonds is 6. The van der Waals surface area contributed by atoms with E-state index in [-0.39, 0.29) is 11.4 Å². The van der Waals surface area contributed by atoms with Gasteiger partial charge in [-0.2, -0.15) is 5.10 Å². The molecule has 0 saturated heterocycles. The molecule has 2 heterocycles. The van der Waals surface area contributed by atoms with E-state index in [2.05, 4.69) is 15.5 Å². The summed E-state index contributed by atoms with van der Waals surface area (Å²) in [5.41, 5.74) is 3.59. The molecule has 10 heteroatoms. The van der Waals surface area contributed by atoms with Gasteiger partial charge in [0, 0.05) is 12.1 Å². The lowest BCUT2D eigenvalue weighted by Gasteiger charge is -2.01. The maximum atomic E-state index is 11.2. The summed E-state index contributed by atoms with van der Waals surface area (Å²) < 4.78 is 5.59. The number of nitrogens with one attached hydrogen (secondary N) is 1. The fourth-order valence-electron chi connectivity index (χ4n) is 2.29. The first-order valence-electron chi connectivity index (χ1n) is 7.69. The van der Waals surface area contributed by atoms with Gasteiger partial charge >= 0.3 is 0 Å². The zero-order chi connectivity index (χ0) is 19.4. The molecule has 0 aliphatic carbocycles.